The maximum atomic E-state index is 6.10. The van der Waals surface area contributed by atoms with Gasteiger partial charge < -0.3 is 20.9 Å². The lowest BCUT2D eigenvalue weighted by Gasteiger charge is -2.11. The number of hydrogen-bond acceptors (Lipinski definition) is 8. The molecule has 0 atom stereocenters. The van der Waals surface area contributed by atoms with E-state index in [4.69, 9.17) is 10.3 Å². The number of nitrogen functional groups attached to an aromatic ring is 1. The van der Waals surface area contributed by atoms with Gasteiger partial charge in [-0.3, -0.25) is 0 Å². The van der Waals surface area contributed by atoms with E-state index in [0.717, 1.165) is 5.56 Å². The molecule has 0 aliphatic heterocycles. The zero-order valence-corrected chi connectivity index (χ0v) is 12.2. The number of pyridine rings is 1. The Morgan fingerprint density at radius 3 is 2.50 bits per heavy atom. The lowest BCUT2D eigenvalue weighted by molar-refractivity contribution is 0.400. The summed E-state index contributed by atoms with van der Waals surface area (Å²) in [6, 6.07) is 5.56. The first-order chi connectivity index (χ1) is 10.6. The van der Waals surface area contributed by atoms with Gasteiger partial charge in [0.1, 0.15) is 23.6 Å². The number of rotatable bonds is 4. The van der Waals surface area contributed by atoms with Crippen LogP contribution in [0.1, 0.15) is 11.3 Å². The van der Waals surface area contributed by atoms with Gasteiger partial charge in [0, 0.05) is 12.3 Å². The molecule has 0 aliphatic carbocycles. The van der Waals surface area contributed by atoms with E-state index in [1.807, 2.05) is 19.1 Å². The number of anilines is 5. The first kappa shape index (κ1) is 13.8. The van der Waals surface area contributed by atoms with Crippen LogP contribution in [0.4, 0.5) is 29.0 Å². The minimum atomic E-state index is 0.369. The summed E-state index contributed by atoms with van der Waals surface area (Å²) >= 11 is 0. The van der Waals surface area contributed by atoms with Crippen molar-refractivity contribution in [1.29, 1.82) is 0 Å². The van der Waals surface area contributed by atoms with Crippen molar-refractivity contribution in [2.45, 2.75) is 13.8 Å². The highest BCUT2D eigenvalue weighted by Gasteiger charge is 2.11. The highest BCUT2D eigenvalue weighted by Crippen LogP contribution is 2.28. The van der Waals surface area contributed by atoms with Crippen molar-refractivity contribution in [1.82, 2.24) is 20.1 Å². The molecule has 0 aromatic carbocycles. The molecule has 0 unspecified atom stereocenters. The van der Waals surface area contributed by atoms with Gasteiger partial charge in [-0.2, -0.15) is 0 Å². The summed E-state index contributed by atoms with van der Waals surface area (Å²) in [5.74, 6) is 2.83. The Morgan fingerprint density at radius 2 is 1.82 bits per heavy atom. The molecule has 8 nitrogen and oxygen atoms in total. The number of nitrogens with two attached hydrogens (primary N) is 1. The molecule has 0 fully saturated rings. The van der Waals surface area contributed by atoms with Gasteiger partial charge in [-0.1, -0.05) is 11.2 Å². The van der Waals surface area contributed by atoms with E-state index in [0.29, 0.717) is 34.7 Å². The molecule has 3 rings (SSSR count). The van der Waals surface area contributed by atoms with Crippen LogP contribution in [0.5, 0.6) is 0 Å². The second-order valence-corrected chi connectivity index (χ2v) is 4.73. The minimum Gasteiger partial charge on any atom is -0.393 e. The molecule has 3 aromatic rings. The number of hydrogen-bond donors (Lipinski definition) is 3. The highest BCUT2D eigenvalue weighted by atomic mass is 16.5. The third kappa shape index (κ3) is 2.80. The van der Waals surface area contributed by atoms with Crippen molar-refractivity contribution in [3.05, 3.63) is 42.0 Å². The van der Waals surface area contributed by atoms with Crippen LogP contribution in [0.25, 0.3) is 0 Å². The first-order valence-corrected chi connectivity index (χ1v) is 6.63. The van der Waals surface area contributed by atoms with Crippen molar-refractivity contribution < 1.29 is 4.52 Å². The average Bonchev–Trinajstić information content (AvgIpc) is 2.91. The van der Waals surface area contributed by atoms with Crippen LogP contribution in [0.3, 0.4) is 0 Å². The predicted molar refractivity (Wildman–Crippen MR) is 83.2 cm³/mol. The van der Waals surface area contributed by atoms with Crippen LogP contribution in [0.15, 0.2) is 35.2 Å². The van der Waals surface area contributed by atoms with Gasteiger partial charge >= 0.3 is 0 Å². The second kappa shape index (κ2) is 5.68. The van der Waals surface area contributed by atoms with Crippen molar-refractivity contribution >= 4 is 29.0 Å². The summed E-state index contributed by atoms with van der Waals surface area (Å²) < 4.78 is 5.00. The molecule has 112 valence electrons. The number of aromatic nitrogens is 4. The van der Waals surface area contributed by atoms with Crippen molar-refractivity contribution in [3.8, 4) is 0 Å². The van der Waals surface area contributed by atoms with E-state index in [9.17, 15) is 0 Å². The maximum absolute atomic E-state index is 6.10. The summed E-state index contributed by atoms with van der Waals surface area (Å²) in [6.07, 6.45) is 3.11. The van der Waals surface area contributed by atoms with Crippen LogP contribution in [-0.4, -0.2) is 20.1 Å². The summed E-state index contributed by atoms with van der Waals surface area (Å²) in [5.41, 5.74) is 7.46. The molecule has 0 saturated carbocycles. The summed E-state index contributed by atoms with van der Waals surface area (Å²) in [6.45, 7) is 3.75. The summed E-state index contributed by atoms with van der Waals surface area (Å²) in [4.78, 5) is 12.5. The molecule has 3 aromatic heterocycles. The van der Waals surface area contributed by atoms with E-state index in [1.165, 1.54) is 6.33 Å². The van der Waals surface area contributed by atoms with Gasteiger partial charge in [-0.25, -0.2) is 15.0 Å². The predicted octanol–water partition coefficient (Wildman–Crippen LogP) is 2.55. The smallest absolute Gasteiger partial charge is 0.175 e. The quantitative estimate of drug-likeness (QED) is 0.673. The fraction of sp³-hybridized carbons (Fsp3) is 0.143. The molecule has 3 heterocycles. The van der Waals surface area contributed by atoms with Gasteiger partial charge in [0.15, 0.2) is 17.5 Å². The van der Waals surface area contributed by atoms with Gasteiger partial charge in [0.25, 0.3) is 0 Å². The van der Waals surface area contributed by atoms with E-state index < -0.39 is 0 Å². The van der Waals surface area contributed by atoms with E-state index in [-0.39, 0.29) is 0 Å². The summed E-state index contributed by atoms with van der Waals surface area (Å²) in [7, 11) is 0. The van der Waals surface area contributed by atoms with Gasteiger partial charge in [0.2, 0.25) is 0 Å². The van der Waals surface area contributed by atoms with Gasteiger partial charge in [-0.15, -0.1) is 0 Å². The normalized spacial score (nSPS) is 10.5. The molecule has 0 bridgehead atoms. The Morgan fingerprint density at radius 1 is 1.05 bits per heavy atom. The van der Waals surface area contributed by atoms with E-state index in [1.54, 1.807) is 19.2 Å². The third-order valence-corrected chi connectivity index (χ3v) is 3.00. The Labute approximate surface area is 126 Å². The molecule has 0 aliphatic rings. The minimum absolute atomic E-state index is 0.369. The fourth-order valence-corrected chi connectivity index (χ4v) is 1.87. The Kier molecular flexibility index (Phi) is 3.57. The highest BCUT2D eigenvalue weighted by molar-refractivity contribution is 5.79. The maximum Gasteiger partial charge on any atom is 0.175 e. The number of nitrogens with one attached hydrogen (secondary N) is 2. The first-order valence-electron chi connectivity index (χ1n) is 6.63. The third-order valence-electron chi connectivity index (χ3n) is 3.00. The van der Waals surface area contributed by atoms with Crippen LogP contribution in [-0.2, 0) is 0 Å². The molecule has 0 radical (unpaired) electrons. The van der Waals surface area contributed by atoms with Gasteiger partial charge in [0.05, 0.1) is 0 Å². The lowest BCUT2D eigenvalue weighted by atomic mass is 10.3. The molecular weight excluding hydrogens is 282 g/mol. The Hall–Kier alpha value is -3.16. The van der Waals surface area contributed by atoms with Crippen LogP contribution in [0.2, 0.25) is 0 Å². The zero-order valence-electron chi connectivity index (χ0n) is 12.2. The molecule has 0 amide bonds. The Balaban J connectivity index is 1.87. The van der Waals surface area contributed by atoms with Crippen LogP contribution >= 0.6 is 0 Å². The SMILES string of the molecule is Cc1cc(Nc2ncnc(Nc3ncccc3C)c2N)no1. The second-order valence-electron chi connectivity index (χ2n) is 4.73. The number of nitrogens with zero attached hydrogens (tertiary/aromatic N) is 4. The van der Waals surface area contributed by atoms with Crippen LogP contribution in [0, 0.1) is 13.8 Å². The van der Waals surface area contributed by atoms with Gasteiger partial charge in [-0.05, 0) is 25.5 Å². The lowest BCUT2D eigenvalue weighted by Crippen LogP contribution is -2.06. The van der Waals surface area contributed by atoms with E-state index >= 15 is 0 Å². The fourth-order valence-electron chi connectivity index (χ4n) is 1.87. The average molecular weight is 297 g/mol. The van der Waals surface area contributed by atoms with Crippen LogP contribution < -0.4 is 16.4 Å². The monoisotopic (exact) mass is 297 g/mol. The largest absolute Gasteiger partial charge is 0.393 e. The molecule has 22 heavy (non-hydrogen) atoms. The van der Waals surface area contributed by atoms with Crippen molar-refractivity contribution in [2.24, 2.45) is 0 Å². The topological polar surface area (TPSA) is 115 Å². The molecular formula is C14H15N7O. The zero-order chi connectivity index (χ0) is 15.5. The van der Waals surface area contributed by atoms with Crippen molar-refractivity contribution in [2.75, 3.05) is 16.4 Å². The van der Waals surface area contributed by atoms with Crippen molar-refractivity contribution in [3.63, 3.8) is 0 Å². The molecule has 0 saturated heterocycles. The molecule has 8 heteroatoms. The standard InChI is InChI=1S/C14H15N7O/c1-8-4-3-5-16-12(8)20-14-11(15)13(17-7-18-14)19-10-6-9(2)22-21-10/h3-7H,15H2,1-2H3,(H2,16,17,18,19,20,21). The van der Waals surface area contributed by atoms with E-state index in [2.05, 4.69) is 30.7 Å². The molecule has 0 spiro atoms. The Bertz CT molecular complexity index is 799. The molecule has 4 N–H and O–H groups in total. The number of aryl methyl sites for hydroxylation is 2. The summed E-state index contributed by atoms with van der Waals surface area (Å²) in [5, 5.41) is 9.94.